The first-order chi connectivity index (χ1) is 12.0. The Hall–Kier alpha value is -2.10. The number of anilines is 1. The van der Waals surface area contributed by atoms with Gasteiger partial charge in [-0.15, -0.1) is 0 Å². The molecule has 1 fully saturated rings. The summed E-state index contributed by atoms with van der Waals surface area (Å²) < 4.78 is 5.11. The summed E-state index contributed by atoms with van der Waals surface area (Å²) in [5.41, 5.74) is 0.922. The van der Waals surface area contributed by atoms with Gasteiger partial charge in [-0.25, -0.2) is 0 Å². The summed E-state index contributed by atoms with van der Waals surface area (Å²) in [6.45, 7) is 5.47. The van der Waals surface area contributed by atoms with Crippen molar-refractivity contribution in [2.75, 3.05) is 25.0 Å². The minimum absolute atomic E-state index is 0.139. The van der Waals surface area contributed by atoms with Crippen LogP contribution in [0.2, 0.25) is 5.02 Å². The third-order valence-electron chi connectivity index (χ3n) is 4.54. The molecular weight excluding hydrogens is 342 g/mol. The smallest absolute Gasteiger partial charge is 0.314 e. The van der Waals surface area contributed by atoms with E-state index in [2.05, 4.69) is 5.32 Å². The summed E-state index contributed by atoms with van der Waals surface area (Å²) in [7, 11) is 0. The number of halogens is 1. The molecule has 134 valence electrons. The second-order valence-electron chi connectivity index (χ2n) is 6.22. The molecule has 1 heterocycles. The molecule has 1 aromatic carbocycles. The zero-order valence-electron chi connectivity index (χ0n) is 14.5. The van der Waals surface area contributed by atoms with E-state index in [0.29, 0.717) is 29.4 Å². The Balaban J connectivity index is 1.98. The van der Waals surface area contributed by atoms with Crippen LogP contribution in [-0.2, 0) is 14.3 Å². The van der Waals surface area contributed by atoms with Gasteiger partial charge in [-0.2, -0.15) is 5.26 Å². The van der Waals surface area contributed by atoms with Gasteiger partial charge in [0.2, 0.25) is 0 Å². The predicted molar refractivity (Wildman–Crippen MR) is 94.3 cm³/mol. The van der Waals surface area contributed by atoms with E-state index in [1.807, 2.05) is 13.0 Å². The molecule has 1 saturated heterocycles. The van der Waals surface area contributed by atoms with Crippen LogP contribution in [0.4, 0.5) is 5.69 Å². The Kier molecular flexibility index (Phi) is 6.80. The lowest BCUT2D eigenvalue weighted by molar-refractivity contribution is -0.921. The second-order valence-corrected chi connectivity index (χ2v) is 6.63. The molecule has 6 nitrogen and oxygen atoms in total. The van der Waals surface area contributed by atoms with Crippen LogP contribution in [0.15, 0.2) is 18.2 Å². The molecule has 0 radical (unpaired) electrons. The number of likely N-dealkylation sites (tertiary alicyclic amines) is 1. The number of rotatable bonds is 5. The minimum Gasteiger partial charge on any atom is -0.466 e. The number of carbonyl (C=O) groups excluding carboxylic acids is 2. The van der Waals surface area contributed by atoms with Crippen molar-refractivity contribution in [2.45, 2.75) is 32.7 Å². The number of benzene rings is 1. The Bertz CT molecular complexity index is 687. The summed E-state index contributed by atoms with van der Waals surface area (Å²) in [5, 5.41) is 12.0. The van der Waals surface area contributed by atoms with Gasteiger partial charge in [-0.05, 0) is 44.9 Å². The zero-order valence-corrected chi connectivity index (χ0v) is 15.2. The van der Waals surface area contributed by atoms with Crippen molar-refractivity contribution in [1.29, 1.82) is 5.26 Å². The number of esters is 1. The second kappa shape index (κ2) is 8.84. The molecular formula is C18H23ClN3O3+. The van der Waals surface area contributed by atoms with Crippen LogP contribution in [0, 0.1) is 17.2 Å². The third kappa shape index (κ3) is 4.94. The molecule has 2 N–H and O–H groups in total. The molecule has 1 aromatic rings. The molecule has 3 atom stereocenters. The first-order valence-corrected chi connectivity index (χ1v) is 8.85. The number of quaternary nitrogens is 1. The average Bonchev–Trinajstić information content (AvgIpc) is 2.61. The Morgan fingerprint density at radius 3 is 2.92 bits per heavy atom. The molecule has 2 rings (SSSR count). The number of amides is 1. The fourth-order valence-electron chi connectivity index (χ4n) is 3.07. The highest BCUT2D eigenvalue weighted by Crippen LogP contribution is 2.20. The molecule has 0 bridgehead atoms. The van der Waals surface area contributed by atoms with Gasteiger partial charge >= 0.3 is 5.97 Å². The minimum atomic E-state index is -0.299. The summed E-state index contributed by atoms with van der Waals surface area (Å²) >= 11 is 5.99. The summed E-state index contributed by atoms with van der Waals surface area (Å²) in [5.74, 6) is -0.463. The standard InChI is InChI=1S/C18H22ClN3O3/c1-3-25-18(24)14-5-4-8-22(11-14)12(2)17(23)21-15-7-6-13(10-20)16(19)9-15/h6-7,9,12,14H,3-5,8,11H2,1-2H3,(H,21,23)/p+1/t12-,14-/m0/s1. The Morgan fingerprint density at radius 2 is 2.28 bits per heavy atom. The van der Waals surface area contributed by atoms with E-state index in [4.69, 9.17) is 21.6 Å². The van der Waals surface area contributed by atoms with Gasteiger partial charge in [0.15, 0.2) is 6.04 Å². The number of piperidine rings is 1. The van der Waals surface area contributed by atoms with Gasteiger partial charge in [0.25, 0.3) is 5.91 Å². The fourth-order valence-corrected chi connectivity index (χ4v) is 3.29. The van der Waals surface area contributed by atoms with Crippen molar-refractivity contribution in [3.8, 4) is 6.07 Å². The predicted octanol–water partition coefficient (Wildman–Crippen LogP) is 1.40. The average molecular weight is 365 g/mol. The van der Waals surface area contributed by atoms with Gasteiger partial charge in [0.1, 0.15) is 12.0 Å². The van der Waals surface area contributed by atoms with Gasteiger partial charge in [0.05, 0.1) is 30.3 Å². The number of hydrogen-bond donors (Lipinski definition) is 2. The molecule has 1 amide bonds. The van der Waals surface area contributed by atoms with Crippen LogP contribution >= 0.6 is 11.6 Å². The van der Waals surface area contributed by atoms with Gasteiger partial charge < -0.3 is 15.0 Å². The van der Waals surface area contributed by atoms with Crippen LogP contribution < -0.4 is 10.2 Å². The van der Waals surface area contributed by atoms with Crippen LogP contribution in [0.25, 0.3) is 0 Å². The highest BCUT2D eigenvalue weighted by molar-refractivity contribution is 6.32. The van der Waals surface area contributed by atoms with Gasteiger partial charge in [0, 0.05) is 5.69 Å². The zero-order chi connectivity index (χ0) is 18.4. The number of nitriles is 1. The van der Waals surface area contributed by atoms with Crippen molar-refractivity contribution in [2.24, 2.45) is 5.92 Å². The lowest BCUT2D eigenvalue weighted by Gasteiger charge is -2.32. The third-order valence-corrected chi connectivity index (χ3v) is 4.85. The molecule has 7 heteroatoms. The summed E-state index contributed by atoms with van der Waals surface area (Å²) in [6, 6.07) is 6.48. The maximum atomic E-state index is 12.5. The van der Waals surface area contributed by atoms with Crippen LogP contribution in [0.5, 0.6) is 0 Å². The molecule has 0 aliphatic carbocycles. The van der Waals surface area contributed by atoms with Crippen molar-refractivity contribution < 1.29 is 19.2 Å². The van der Waals surface area contributed by atoms with Crippen molar-refractivity contribution >= 4 is 29.2 Å². The maximum Gasteiger partial charge on any atom is 0.314 e. The highest BCUT2D eigenvalue weighted by atomic mass is 35.5. The van der Waals surface area contributed by atoms with Crippen molar-refractivity contribution in [1.82, 2.24) is 0 Å². The van der Waals surface area contributed by atoms with E-state index >= 15 is 0 Å². The first-order valence-electron chi connectivity index (χ1n) is 8.48. The van der Waals surface area contributed by atoms with Crippen LogP contribution in [0.1, 0.15) is 32.3 Å². The maximum absolute atomic E-state index is 12.5. The van der Waals surface area contributed by atoms with E-state index in [-0.39, 0.29) is 23.8 Å². The number of ether oxygens (including phenoxy) is 1. The molecule has 0 aromatic heterocycles. The van der Waals surface area contributed by atoms with Gasteiger partial charge in [-0.3, -0.25) is 9.59 Å². The largest absolute Gasteiger partial charge is 0.466 e. The topological polar surface area (TPSA) is 83.6 Å². The SMILES string of the molecule is CCOC(=O)[C@H]1CCC[NH+]([C@@H](C)C(=O)Nc2ccc(C#N)c(Cl)c2)C1. The van der Waals surface area contributed by atoms with Crippen molar-refractivity contribution in [3.05, 3.63) is 28.8 Å². The molecule has 0 saturated carbocycles. The molecule has 1 aliphatic rings. The number of nitrogens with zero attached hydrogens (tertiary/aromatic N) is 1. The number of carbonyl (C=O) groups is 2. The van der Waals surface area contributed by atoms with E-state index in [1.165, 1.54) is 0 Å². The Labute approximate surface area is 152 Å². The lowest BCUT2D eigenvalue weighted by Crippen LogP contribution is -3.18. The highest BCUT2D eigenvalue weighted by Gasteiger charge is 2.34. The molecule has 25 heavy (non-hydrogen) atoms. The first kappa shape index (κ1) is 19.2. The lowest BCUT2D eigenvalue weighted by atomic mass is 9.97. The van der Waals surface area contributed by atoms with Crippen LogP contribution in [0.3, 0.4) is 0 Å². The van der Waals surface area contributed by atoms with Crippen LogP contribution in [-0.4, -0.2) is 37.6 Å². The molecule has 0 spiro atoms. The van der Waals surface area contributed by atoms with E-state index in [9.17, 15) is 9.59 Å². The monoisotopic (exact) mass is 364 g/mol. The van der Waals surface area contributed by atoms with E-state index in [1.54, 1.807) is 25.1 Å². The van der Waals surface area contributed by atoms with E-state index < -0.39 is 0 Å². The molecule has 1 aliphatic heterocycles. The van der Waals surface area contributed by atoms with Crippen molar-refractivity contribution in [3.63, 3.8) is 0 Å². The summed E-state index contributed by atoms with van der Waals surface area (Å²) in [6.07, 6.45) is 1.70. The quantitative estimate of drug-likeness (QED) is 0.773. The number of hydrogen-bond acceptors (Lipinski definition) is 4. The number of nitrogens with one attached hydrogen (secondary N) is 2. The summed E-state index contributed by atoms with van der Waals surface area (Å²) in [4.78, 5) is 25.5. The normalized spacial score (nSPS) is 21.0. The Morgan fingerprint density at radius 1 is 1.52 bits per heavy atom. The van der Waals surface area contributed by atoms with E-state index in [0.717, 1.165) is 24.3 Å². The fraction of sp³-hybridized carbons (Fsp3) is 0.500. The molecule has 1 unspecified atom stereocenters. The van der Waals surface area contributed by atoms with Gasteiger partial charge in [-0.1, -0.05) is 11.6 Å².